The van der Waals surface area contributed by atoms with Crippen LogP contribution in [0.15, 0.2) is 164 Å². The molecule has 10 rings (SSSR count). The van der Waals surface area contributed by atoms with Crippen molar-refractivity contribution in [1.29, 1.82) is 0 Å². The Morgan fingerprint density at radius 3 is 1.82 bits per heavy atom. The lowest BCUT2D eigenvalue weighted by Gasteiger charge is -2.17. The average molecular weight is 570 g/mol. The quantitative estimate of drug-likeness (QED) is 0.187. The van der Waals surface area contributed by atoms with Crippen LogP contribution in [0.25, 0.3) is 92.8 Å². The molecule has 0 fully saturated rings. The summed E-state index contributed by atoms with van der Waals surface area (Å²) in [4.78, 5) is 0. The van der Waals surface area contributed by atoms with E-state index < -0.39 is 0 Å². The lowest BCUT2D eigenvalue weighted by Crippen LogP contribution is -1.96. The van der Waals surface area contributed by atoms with Gasteiger partial charge in [0.05, 0.1) is 11.0 Å². The fourth-order valence-electron chi connectivity index (χ4n) is 7.70. The molecule has 0 aliphatic carbocycles. The first-order chi connectivity index (χ1) is 22.3. The fourth-order valence-corrected chi connectivity index (χ4v) is 7.70. The molecule has 10 aromatic rings. The Morgan fingerprint density at radius 1 is 0.311 bits per heavy atom. The van der Waals surface area contributed by atoms with E-state index in [9.17, 15) is 0 Å². The SMILES string of the molecule is c1ccc(-c2cc(-c3ccc4ccc5cccc6ccc3c4c56)cc(-n3c4ccccc4c4c5ccccc5ccc43)c2)cc1. The number of para-hydroxylation sites is 1. The summed E-state index contributed by atoms with van der Waals surface area (Å²) in [5.74, 6) is 0. The number of hydrogen-bond donors (Lipinski definition) is 0. The third-order valence-corrected chi connectivity index (χ3v) is 9.68. The molecule has 1 heteroatoms. The Hall–Kier alpha value is -5.92. The second-order valence-electron chi connectivity index (χ2n) is 12.1. The first kappa shape index (κ1) is 24.5. The van der Waals surface area contributed by atoms with E-state index in [0.29, 0.717) is 0 Å². The Balaban J connectivity index is 1.32. The van der Waals surface area contributed by atoms with Crippen molar-refractivity contribution in [3.63, 3.8) is 0 Å². The lowest BCUT2D eigenvalue weighted by atomic mass is 9.89. The Morgan fingerprint density at radius 2 is 0.956 bits per heavy atom. The minimum atomic E-state index is 1.17. The zero-order valence-corrected chi connectivity index (χ0v) is 24.5. The summed E-state index contributed by atoms with van der Waals surface area (Å²) in [6.45, 7) is 0. The highest BCUT2D eigenvalue weighted by Crippen LogP contribution is 2.42. The van der Waals surface area contributed by atoms with E-state index in [-0.39, 0.29) is 0 Å². The summed E-state index contributed by atoms with van der Waals surface area (Å²) in [7, 11) is 0. The van der Waals surface area contributed by atoms with E-state index >= 15 is 0 Å². The number of hydrogen-bond acceptors (Lipinski definition) is 0. The van der Waals surface area contributed by atoms with Crippen molar-refractivity contribution in [1.82, 2.24) is 4.57 Å². The Labute approximate surface area is 260 Å². The van der Waals surface area contributed by atoms with Gasteiger partial charge in [-0.15, -0.1) is 0 Å². The van der Waals surface area contributed by atoms with Crippen molar-refractivity contribution in [2.24, 2.45) is 0 Å². The molecular weight excluding hydrogens is 542 g/mol. The maximum absolute atomic E-state index is 2.46. The predicted octanol–water partition coefficient (Wildman–Crippen LogP) is 12.2. The van der Waals surface area contributed by atoms with Gasteiger partial charge in [-0.25, -0.2) is 0 Å². The second-order valence-corrected chi connectivity index (χ2v) is 12.1. The summed E-state index contributed by atoms with van der Waals surface area (Å²) in [6, 6.07) is 60.4. The molecule has 0 spiro atoms. The zero-order valence-electron chi connectivity index (χ0n) is 24.5. The molecule has 0 amide bonds. The number of rotatable bonds is 3. The molecule has 0 bridgehead atoms. The van der Waals surface area contributed by atoms with Gasteiger partial charge >= 0.3 is 0 Å². The van der Waals surface area contributed by atoms with Crippen LogP contribution in [0.4, 0.5) is 0 Å². The molecule has 0 radical (unpaired) electrons. The van der Waals surface area contributed by atoms with Crippen molar-refractivity contribution >= 4 is 64.9 Å². The minimum Gasteiger partial charge on any atom is -0.309 e. The van der Waals surface area contributed by atoms with Gasteiger partial charge in [0.2, 0.25) is 0 Å². The van der Waals surface area contributed by atoms with Crippen LogP contribution in [-0.4, -0.2) is 4.57 Å². The van der Waals surface area contributed by atoms with Crippen molar-refractivity contribution in [2.45, 2.75) is 0 Å². The van der Waals surface area contributed by atoms with Gasteiger partial charge in [0.25, 0.3) is 0 Å². The molecule has 0 aliphatic heterocycles. The van der Waals surface area contributed by atoms with Gasteiger partial charge in [-0.3, -0.25) is 0 Å². The summed E-state index contributed by atoms with van der Waals surface area (Å²) < 4.78 is 2.46. The van der Waals surface area contributed by atoms with Gasteiger partial charge in [-0.05, 0) is 95.7 Å². The Kier molecular flexibility index (Phi) is 5.06. The average Bonchev–Trinajstić information content (AvgIpc) is 3.46. The summed E-state index contributed by atoms with van der Waals surface area (Å²) in [5, 5.41) is 13.0. The van der Waals surface area contributed by atoms with E-state index in [1.807, 2.05) is 0 Å². The molecule has 1 aromatic heterocycles. The van der Waals surface area contributed by atoms with Crippen LogP contribution in [0.1, 0.15) is 0 Å². The van der Waals surface area contributed by atoms with Gasteiger partial charge < -0.3 is 4.57 Å². The minimum absolute atomic E-state index is 1.17. The zero-order chi connectivity index (χ0) is 29.5. The van der Waals surface area contributed by atoms with Crippen LogP contribution in [-0.2, 0) is 0 Å². The number of aromatic nitrogens is 1. The molecule has 0 aliphatic rings. The van der Waals surface area contributed by atoms with E-state index in [1.54, 1.807) is 0 Å². The maximum atomic E-state index is 2.46. The highest BCUT2D eigenvalue weighted by atomic mass is 15.0. The highest BCUT2D eigenvalue weighted by molar-refractivity contribution is 6.26. The van der Waals surface area contributed by atoms with Crippen LogP contribution < -0.4 is 0 Å². The van der Waals surface area contributed by atoms with Crippen molar-refractivity contribution < 1.29 is 0 Å². The van der Waals surface area contributed by atoms with Gasteiger partial charge in [0.1, 0.15) is 0 Å². The van der Waals surface area contributed by atoms with E-state index in [4.69, 9.17) is 0 Å². The van der Waals surface area contributed by atoms with Crippen LogP contribution in [0, 0.1) is 0 Å². The second kappa shape index (κ2) is 9.29. The maximum Gasteiger partial charge on any atom is 0.0547 e. The van der Waals surface area contributed by atoms with Gasteiger partial charge in [-0.2, -0.15) is 0 Å². The van der Waals surface area contributed by atoms with Crippen molar-refractivity contribution in [2.75, 3.05) is 0 Å². The van der Waals surface area contributed by atoms with Gasteiger partial charge in [-0.1, -0.05) is 133 Å². The molecule has 0 unspecified atom stereocenters. The summed E-state index contributed by atoms with van der Waals surface area (Å²) in [5.41, 5.74) is 8.50. The predicted molar refractivity (Wildman–Crippen MR) is 193 cm³/mol. The van der Waals surface area contributed by atoms with E-state index in [0.717, 1.165) is 0 Å². The van der Waals surface area contributed by atoms with Gasteiger partial charge in [0, 0.05) is 16.5 Å². The third kappa shape index (κ3) is 3.56. The lowest BCUT2D eigenvalue weighted by molar-refractivity contribution is 1.18. The van der Waals surface area contributed by atoms with Crippen molar-refractivity contribution in [3.8, 4) is 27.9 Å². The van der Waals surface area contributed by atoms with Crippen LogP contribution >= 0.6 is 0 Å². The smallest absolute Gasteiger partial charge is 0.0547 e. The Bertz CT molecular complexity index is 2730. The number of benzene rings is 9. The monoisotopic (exact) mass is 569 g/mol. The molecule has 0 saturated heterocycles. The number of nitrogens with zero attached hydrogens (tertiary/aromatic N) is 1. The molecule has 208 valence electrons. The van der Waals surface area contributed by atoms with Gasteiger partial charge in [0.15, 0.2) is 0 Å². The van der Waals surface area contributed by atoms with E-state index in [1.165, 1.54) is 92.8 Å². The molecule has 45 heavy (non-hydrogen) atoms. The normalized spacial score (nSPS) is 12.0. The van der Waals surface area contributed by atoms with Crippen LogP contribution in [0.2, 0.25) is 0 Å². The largest absolute Gasteiger partial charge is 0.309 e. The molecule has 0 saturated carbocycles. The molecule has 9 aromatic carbocycles. The standard InChI is InChI=1S/C44H27N/c1-2-9-28(10-3-1)33-25-34(36-22-19-32-18-17-30-12-8-13-31-20-23-38(36)43(32)42(30)31)27-35(26-33)45-40-16-7-6-15-39(40)44-37-14-5-4-11-29(37)21-24-41(44)45/h1-27H. The molecule has 0 N–H and O–H groups in total. The number of fused-ring (bicyclic) bond motifs is 5. The topological polar surface area (TPSA) is 4.93 Å². The molecule has 1 nitrogen and oxygen atoms in total. The van der Waals surface area contributed by atoms with E-state index in [2.05, 4.69) is 168 Å². The molecule has 1 heterocycles. The summed E-state index contributed by atoms with van der Waals surface area (Å²) in [6.07, 6.45) is 0. The summed E-state index contributed by atoms with van der Waals surface area (Å²) >= 11 is 0. The first-order valence-electron chi connectivity index (χ1n) is 15.6. The molecule has 0 atom stereocenters. The highest BCUT2D eigenvalue weighted by Gasteiger charge is 2.18. The first-order valence-corrected chi connectivity index (χ1v) is 15.6. The third-order valence-electron chi connectivity index (χ3n) is 9.68. The van der Waals surface area contributed by atoms with Crippen molar-refractivity contribution in [3.05, 3.63) is 164 Å². The fraction of sp³-hybridized carbons (Fsp3) is 0. The van der Waals surface area contributed by atoms with Crippen LogP contribution in [0.5, 0.6) is 0 Å². The molecular formula is C44H27N. The van der Waals surface area contributed by atoms with Crippen LogP contribution in [0.3, 0.4) is 0 Å².